The molecule has 2 aliphatic heterocycles. The zero-order valence-electron chi connectivity index (χ0n) is 15.1. The number of hydrazone groups is 1. The first kappa shape index (κ1) is 16.4. The highest BCUT2D eigenvalue weighted by Gasteiger charge is 2.42. The summed E-state index contributed by atoms with van der Waals surface area (Å²) < 4.78 is 0. The summed E-state index contributed by atoms with van der Waals surface area (Å²) in [5.41, 5.74) is 9.56. The Balaban J connectivity index is 1.61. The molecule has 2 aliphatic rings. The Labute approximate surface area is 153 Å². The van der Waals surface area contributed by atoms with E-state index in [4.69, 9.17) is 0 Å². The van der Waals surface area contributed by atoms with Gasteiger partial charge in [0, 0.05) is 17.3 Å². The SMILES string of the molecule is CCc1ccc2c(c1)C1(C=N2)NN=C(c2ccc(C(C)(C)C)cc2)S1. The van der Waals surface area contributed by atoms with Gasteiger partial charge in [0.25, 0.3) is 0 Å². The smallest absolute Gasteiger partial charge is 0.168 e. The first-order valence-corrected chi connectivity index (χ1v) is 9.56. The summed E-state index contributed by atoms with van der Waals surface area (Å²) in [6.07, 6.45) is 3.01. The van der Waals surface area contributed by atoms with E-state index >= 15 is 0 Å². The van der Waals surface area contributed by atoms with E-state index in [-0.39, 0.29) is 10.3 Å². The second kappa shape index (κ2) is 5.73. The molecule has 128 valence electrons. The molecule has 0 amide bonds. The molecule has 4 rings (SSSR count). The summed E-state index contributed by atoms with van der Waals surface area (Å²) in [4.78, 5) is 4.24. The average molecular weight is 350 g/mol. The average Bonchev–Trinajstić information content (AvgIpc) is 3.19. The van der Waals surface area contributed by atoms with Crippen molar-refractivity contribution in [1.29, 1.82) is 0 Å². The van der Waals surface area contributed by atoms with Crippen LogP contribution in [0.5, 0.6) is 0 Å². The fourth-order valence-electron chi connectivity index (χ4n) is 3.18. The van der Waals surface area contributed by atoms with E-state index in [1.807, 2.05) is 6.21 Å². The second-order valence-corrected chi connectivity index (χ2v) is 8.89. The van der Waals surface area contributed by atoms with Crippen LogP contribution in [0.25, 0.3) is 0 Å². The van der Waals surface area contributed by atoms with E-state index in [2.05, 4.69) is 85.7 Å². The van der Waals surface area contributed by atoms with Crippen molar-refractivity contribution in [2.45, 2.75) is 44.4 Å². The van der Waals surface area contributed by atoms with Gasteiger partial charge in [-0.2, -0.15) is 5.10 Å². The molecule has 2 aromatic carbocycles. The van der Waals surface area contributed by atoms with E-state index in [1.165, 1.54) is 16.7 Å². The molecule has 0 fully saturated rings. The lowest BCUT2D eigenvalue weighted by Gasteiger charge is -2.21. The molecular weight excluding hydrogens is 326 g/mol. The minimum atomic E-state index is -0.363. The van der Waals surface area contributed by atoms with Crippen molar-refractivity contribution in [3.8, 4) is 0 Å². The maximum absolute atomic E-state index is 4.63. The summed E-state index contributed by atoms with van der Waals surface area (Å²) in [5.74, 6) is 0. The van der Waals surface area contributed by atoms with Crippen LogP contribution in [0.15, 0.2) is 52.6 Å². The van der Waals surface area contributed by atoms with E-state index in [0.717, 1.165) is 22.7 Å². The maximum atomic E-state index is 4.63. The highest BCUT2D eigenvalue weighted by Crippen LogP contribution is 2.47. The summed E-state index contributed by atoms with van der Waals surface area (Å²) in [6, 6.07) is 15.3. The molecule has 0 saturated heterocycles. The molecule has 1 N–H and O–H groups in total. The molecule has 2 heterocycles. The van der Waals surface area contributed by atoms with Gasteiger partial charge < -0.3 is 0 Å². The number of benzene rings is 2. The summed E-state index contributed by atoms with van der Waals surface area (Å²) >= 11 is 1.74. The van der Waals surface area contributed by atoms with Crippen LogP contribution in [0.4, 0.5) is 5.69 Å². The first-order chi connectivity index (χ1) is 11.9. The molecule has 0 bridgehead atoms. The second-order valence-electron chi connectivity index (χ2n) is 7.66. The van der Waals surface area contributed by atoms with Crippen LogP contribution in [-0.2, 0) is 16.7 Å². The van der Waals surface area contributed by atoms with Crippen LogP contribution in [0.2, 0.25) is 0 Å². The molecular formula is C21H23N3S. The van der Waals surface area contributed by atoms with Crippen LogP contribution in [-0.4, -0.2) is 11.3 Å². The van der Waals surface area contributed by atoms with Gasteiger partial charge in [-0.25, -0.2) is 0 Å². The highest BCUT2D eigenvalue weighted by atomic mass is 32.2. The minimum Gasteiger partial charge on any atom is -0.283 e. The monoisotopic (exact) mass is 349 g/mol. The standard InChI is InChI=1S/C21H23N3S/c1-5-14-6-11-18-17(12-14)21(13-22-18)24-23-19(25-21)15-7-9-16(10-8-15)20(2,3)4/h6-13,24H,5H2,1-4H3. The summed E-state index contributed by atoms with van der Waals surface area (Å²) in [5, 5.41) is 5.64. The Morgan fingerprint density at radius 3 is 2.52 bits per heavy atom. The predicted molar refractivity (Wildman–Crippen MR) is 108 cm³/mol. The van der Waals surface area contributed by atoms with Gasteiger partial charge in [0.1, 0.15) is 5.04 Å². The van der Waals surface area contributed by atoms with Crippen molar-refractivity contribution in [2.24, 2.45) is 10.1 Å². The van der Waals surface area contributed by atoms with Crippen molar-refractivity contribution in [3.05, 3.63) is 64.7 Å². The molecule has 3 nitrogen and oxygen atoms in total. The third kappa shape index (κ3) is 2.78. The van der Waals surface area contributed by atoms with Gasteiger partial charge in [-0.3, -0.25) is 10.4 Å². The van der Waals surface area contributed by atoms with Gasteiger partial charge in [-0.05, 0) is 35.1 Å². The molecule has 4 heteroatoms. The molecule has 1 atom stereocenters. The minimum absolute atomic E-state index is 0.163. The van der Waals surface area contributed by atoms with Crippen LogP contribution in [0.1, 0.15) is 49.9 Å². The Kier molecular flexibility index (Phi) is 3.76. The Bertz CT molecular complexity index is 875. The molecule has 25 heavy (non-hydrogen) atoms. The molecule has 0 aliphatic carbocycles. The number of rotatable bonds is 2. The van der Waals surface area contributed by atoms with Crippen LogP contribution >= 0.6 is 11.8 Å². The van der Waals surface area contributed by atoms with E-state index in [1.54, 1.807) is 11.8 Å². The van der Waals surface area contributed by atoms with Gasteiger partial charge in [0.05, 0.1) is 5.69 Å². The number of aliphatic imine (C=N–C) groups is 1. The van der Waals surface area contributed by atoms with Gasteiger partial charge >= 0.3 is 0 Å². The van der Waals surface area contributed by atoms with Crippen LogP contribution in [0, 0.1) is 0 Å². The Hall–Kier alpha value is -2.07. The summed E-state index contributed by atoms with van der Waals surface area (Å²) in [6.45, 7) is 8.88. The number of thioether (sulfide) groups is 1. The molecule has 0 radical (unpaired) electrons. The Morgan fingerprint density at radius 2 is 1.84 bits per heavy atom. The molecule has 2 aromatic rings. The number of nitrogens with one attached hydrogen (secondary N) is 1. The Morgan fingerprint density at radius 1 is 1.08 bits per heavy atom. The topological polar surface area (TPSA) is 36.8 Å². The van der Waals surface area contributed by atoms with E-state index in [9.17, 15) is 0 Å². The van der Waals surface area contributed by atoms with Crippen LogP contribution < -0.4 is 5.43 Å². The normalized spacial score (nSPS) is 21.4. The third-order valence-corrected chi connectivity index (χ3v) is 6.09. The van der Waals surface area contributed by atoms with Gasteiger partial charge in [-0.1, -0.05) is 69.8 Å². The number of hydrogen-bond acceptors (Lipinski definition) is 4. The number of fused-ring (bicyclic) bond motifs is 2. The van der Waals surface area contributed by atoms with Gasteiger partial charge in [-0.15, -0.1) is 0 Å². The fourth-order valence-corrected chi connectivity index (χ4v) is 4.30. The highest BCUT2D eigenvalue weighted by molar-refractivity contribution is 8.16. The van der Waals surface area contributed by atoms with E-state index < -0.39 is 0 Å². The van der Waals surface area contributed by atoms with Gasteiger partial charge in [0.2, 0.25) is 0 Å². The molecule has 0 aromatic heterocycles. The van der Waals surface area contributed by atoms with Crippen molar-refractivity contribution in [1.82, 2.24) is 5.43 Å². The van der Waals surface area contributed by atoms with Crippen molar-refractivity contribution in [3.63, 3.8) is 0 Å². The quantitative estimate of drug-likeness (QED) is 0.817. The zero-order chi connectivity index (χ0) is 17.7. The van der Waals surface area contributed by atoms with Crippen LogP contribution in [0.3, 0.4) is 0 Å². The number of nitrogens with zero attached hydrogens (tertiary/aromatic N) is 2. The largest absolute Gasteiger partial charge is 0.283 e. The lowest BCUT2D eigenvalue weighted by Crippen LogP contribution is -2.32. The molecule has 1 unspecified atom stereocenters. The zero-order valence-corrected chi connectivity index (χ0v) is 15.9. The lowest BCUT2D eigenvalue weighted by atomic mass is 9.87. The number of hydrogen-bond donors (Lipinski definition) is 1. The van der Waals surface area contributed by atoms with Crippen molar-refractivity contribution in [2.75, 3.05) is 0 Å². The maximum Gasteiger partial charge on any atom is 0.168 e. The lowest BCUT2D eigenvalue weighted by molar-refractivity contribution is 0.590. The first-order valence-electron chi connectivity index (χ1n) is 8.75. The van der Waals surface area contributed by atoms with Crippen molar-refractivity contribution < 1.29 is 0 Å². The number of aryl methyl sites for hydroxylation is 1. The third-order valence-electron chi connectivity index (χ3n) is 4.83. The van der Waals surface area contributed by atoms with E-state index in [0.29, 0.717) is 0 Å². The predicted octanol–water partition coefficient (Wildman–Crippen LogP) is 5.11. The molecule has 1 spiro atoms. The fraction of sp³-hybridized carbons (Fsp3) is 0.333. The summed E-state index contributed by atoms with van der Waals surface area (Å²) in [7, 11) is 0. The van der Waals surface area contributed by atoms with Crippen molar-refractivity contribution >= 4 is 28.7 Å². The van der Waals surface area contributed by atoms with Gasteiger partial charge in [0.15, 0.2) is 4.87 Å². The molecule has 0 saturated carbocycles.